The van der Waals surface area contributed by atoms with Crippen molar-refractivity contribution >= 4 is 5.82 Å². The minimum atomic E-state index is -0.217. The van der Waals surface area contributed by atoms with Crippen LogP contribution in [0.5, 0.6) is 0 Å². The molecule has 5 heteroatoms. The summed E-state index contributed by atoms with van der Waals surface area (Å²) < 4.78 is 15.6. The highest BCUT2D eigenvalue weighted by atomic mass is 19.1. The fraction of sp³-hybridized carbons (Fsp3) is 0.318. The first-order valence-electron chi connectivity index (χ1n) is 9.49. The van der Waals surface area contributed by atoms with Gasteiger partial charge in [-0.05, 0) is 54.0 Å². The van der Waals surface area contributed by atoms with E-state index >= 15 is 4.39 Å². The van der Waals surface area contributed by atoms with Gasteiger partial charge in [0.25, 0.3) is 0 Å². The maximum Gasteiger partial charge on any atom is 0.141 e. The Hall–Kier alpha value is -2.82. The van der Waals surface area contributed by atoms with Crippen LogP contribution in [0.25, 0.3) is 11.3 Å². The number of nitrogens with two attached hydrogens (primary N) is 1. The molecule has 0 spiro atoms. The van der Waals surface area contributed by atoms with Crippen LogP contribution in [0.2, 0.25) is 0 Å². The normalized spacial score (nSPS) is 14.1. The van der Waals surface area contributed by atoms with Gasteiger partial charge in [-0.3, -0.25) is 9.97 Å². The van der Waals surface area contributed by atoms with Crippen molar-refractivity contribution in [2.75, 3.05) is 5.73 Å². The second kappa shape index (κ2) is 7.43. The number of aryl methyl sites for hydroxylation is 1. The van der Waals surface area contributed by atoms with E-state index in [4.69, 9.17) is 5.73 Å². The smallest absolute Gasteiger partial charge is 0.141 e. The topological polar surface area (TPSA) is 64.7 Å². The Morgan fingerprint density at radius 1 is 1.11 bits per heavy atom. The highest BCUT2D eigenvalue weighted by Gasteiger charge is 2.26. The summed E-state index contributed by atoms with van der Waals surface area (Å²) in [6.07, 6.45) is 9.60. The summed E-state index contributed by atoms with van der Waals surface area (Å²) in [5.41, 5.74) is 10.5. The minimum absolute atomic E-state index is 0.217. The fourth-order valence-corrected chi connectivity index (χ4v) is 3.71. The van der Waals surface area contributed by atoms with Gasteiger partial charge in [0.05, 0.1) is 18.1 Å². The van der Waals surface area contributed by atoms with Gasteiger partial charge in [-0.1, -0.05) is 25.5 Å². The van der Waals surface area contributed by atoms with Crippen molar-refractivity contribution in [3.8, 4) is 11.3 Å². The Morgan fingerprint density at radius 2 is 1.96 bits per heavy atom. The zero-order valence-corrected chi connectivity index (χ0v) is 15.5. The maximum absolute atomic E-state index is 15.6. The molecule has 138 valence electrons. The van der Waals surface area contributed by atoms with Crippen molar-refractivity contribution in [2.24, 2.45) is 0 Å². The number of rotatable bonds is 5. The molecular weight excluding hydrogens is 339 g/mol. The Balaban J connectivity index is 1.81. The molecule has 0 aliphatic heterocycles. The van der Waals surface area contributed by atoms with E-state index in [1.165, 1.54) is 18.8 Å². The lowest BCUT2D eigenvalue weighted by Gasteiger charge is -2.29. The zero-order valence-electron chi connectivity index (χ0n) is 15.5. The third-order valence-electron chi connectivity index (χ3n) is 5.48. The lowest BCUT2D eigenvalue weighted by molar-refractivity contribution is 0.415. The van der Waals surface area contributed by atoms with Gasteiger partial charge in [0, 0.05) is 23.9 Å². The molecule has 0 bridgehead atoms. The number of nitrogens with zero attached hydrogens (tertiary/aromatic N) is 3. The summed E-state index contributed by atoms with van der Waals surface area (Å²) in [6.45, 7) is 2.10. The number of aromatic nitrogens is 3. The van der Waals surface area contributed by atoms with Crippen LogP contribution in [-0.2, 0) is 12.8 Å². The summed E-state index contributed by atoms with van der Waals surface area (Å²) in [6, 6.07) is 7.89. The lowest BCUT2D eigenvalue weighted by Crippen LogP contribution is -2.14. The molecule has 1 aliphatic carbocycles. The van der Waals surface area contributed by atoms with Crippen molar-refractivity contribution < 1.29 is 4.39 Å². The summed E-state index contributed by atoms with van der Waals surface area (Å²) >= 11 is 0. The Morgan fingerprint density at radius 3 is 2.63 bits per heavy atom. The van der Waals surface area contributed by atoms with Crippen LogP contribution in [0, 0.1) is 5.82 Å². The highest BCUT2D eigenvalue weighted by molar-refractivity contribution is 5.62. The number of benzene rings is 1. The van der Waals surface area contributed by atoms with Crippen LogP contribution in [0.4, 0.5) is 10.2 Å². The van der Waals surface area contributed by atoms with E-state index < -0.39 is 0 Å². The maximum atomic E-state index is 15.6. The molecule has 0 saturated heterocycles. The average molecular weight is 362 g/mol. The predicted molar refractivity (Wildman–Crippen MR) is 105 cm³/mol. The summed E-state index contributed by atoms with van der Waals surface area (Å²) in [4.78, 5) is 12.8. The first kappa shape index (κ1) is 17.6. The van der Waals surface area contributed by atoms with Crippen LogP contribution in [0.3, 0.4) is 0 Å². The van der Waals surface area contributed by atoms with E-state index in [-0.39, 0.29) is 5.82 Å². The molecule has 0 atom stereocenters. The summed E-state index contributed by atoms with van der Waals surface area (Å²) in [5.74, 6) is 0.549. The van der Waals surface area contributed by atoms with Gasteiger partial charge < -0.3 is 5.73 Å². The Bertz CT molecular complexity index is 949. The van der Waals surface area contributed by atoms with Crippen molar-refractivity contribution in [1.29, 1.82) is 0 Å². The lowest BCUT2D eigenvalue weighted by atomic mass is 9.76. The van der Waals surface area contributed by atoms with Crippen LogP contribution in [0.15, 0.2) is 42.9 Å². The monoisotopic (exact) mass is 362 g/mol. The summed E-state index contributed by atoms with van der Waals surface area (Å²) in [7, 11) is 0. The SMILES string of the molecule is CCc1cccnc1Cc1c(C2CCC2)ccc(-c2cnc(N)cn2)c1F. The van der Waals surface area contributed by atoms with Gasteiger partial charge in [-0.2, -0.15) is 0 Å². The molecule has 4 nitrogen and oxygen atoms in total. The molecule has 1 aromatic carbocycles. The van der Waals surface area contributed by atoms with Crippen molar-refractivity contribution in [1.82, 2.24) is 15.0 Å². The molecule has 2 N–H and O–H groups in total. The molecule has 2 heterocycles. The average Bonchev–Trinajstić information content (AvgIpc) is 2.64. The molecule has 1 fully saturated rings. The van der Waals surface area contributed by atoms with Crippen molar-refractivity contribution in [3.05, 3.63) is 71.1 Å². The van der Waals surface area contributed by atoms with Gasteiger partial charge in [0.15, 0.2) is 0 Å². The molecule has 3 aromatic rings. The molecule has 1 saturated carbocycles. The largest absolute Gasteiger partial charge is 0.382 e. The molecule has 0 radical (unpaired) electrons. The van der Waals surface area contributed by atoms with Crippen LogP contribution >= 0.6 is 0 Å². The molecule has 27 heavy (non-hydrogen) atoms. The number of pyridine rings is 1. The molecule has 4 rings (SSSR count). The number of hydrogen-bond acceptors (Lipinski definition) is 4. The van der Waals surface area contributed by atoms with E-state index in [0.717, 1.165) is 41.6 Å². The van der Waals surface area contributed by atoms with Gasteiger partial charge in [0.1, 0.15) is 11.6 Å². The molecule has 0 amide bonds. The standard InChI is InChI=1S/C22H23FN4/c1-2-14-7-4-10-25-19(14)11-18-16(15-5-3-6-15)8-9-17(22(18)23)20-12-27-21(24)13-26-20/h4,7-10,12-13,15H,2-3,5-6,11H2,1H3,(H2,24,27). The highest BCUT2D eigenvalue weighted by Crippen LogP contribution is 2.41. The Kier molecular flexibility index (Phi) is 4.84. The number of anilines is 1. The van der Waals surface area contributed by atoms with E-state index in [1.54, 1.807) is 6.20 Å². The van der Waals surface area contributed by atoms with E-state index in [0.29, 0.717) is 29.4 Å². The number of nitrogen functional groups attached to an aromatic ring is 1. The van der Waals surface area contributed by atoms with Gasteiger partial charge in [-0.25, -0.2) is 9.37 Å². The first-order chi connectivity index (χ1) is 13.2. The first-order valence-corrected chi connectivity index (χ1v) is 9.49. The molecule has 1 aliphatic rings. The molecule has 2 aromatic heterocycles. The van der Waals surface area contributed by atoms with E-state index in [2.05, 4.69) is 34.0 Å². The van der Waals surface area contributed by atoms with Gasteiger partial charge in [0.2, 0.25) is 0 Å². The third kappa shape index (κ3) is 3.42. The number of halogens is 1. The third-order valence-corrected chi connectivity index (χ3v) is 5.48. The quantitative estimate of drug-likeness (QED) is 0.716. The predicted octanol–water partition coefficient (Wildman–Crippen LogP) is 4.68. The van der Waals surface area contributed by atoms with Gasteiger partial charge >= 0.3 is 0 Å². The van der Waals surface area contributed by atoms with Gasteiger partial charge in [-0.15, -0.1) is 0 Å². The van der Waals surface area contributed by atoms with Crippen LogP contribution in [-0.4, -0.2) is 15.0 Å². The van der Waals surface area contributed by atoms with E-state index in [9.17, 15) is 0 Å². The second-order valence-electron chi connectivity index (χ2n) is 7.09. The molecule has 0 unspecified atom stereocenters. The minimum Gasteiger partial charge on any atom is -0.382 e. The van der Waals surface area contributed by atoms with E-state index in [1.807, 2.05) is 12.1 Å². The van der Waals surface area contributed by atoms with Crippen molar-refractivity contribution in [3.63, 3.8) is 0 Å². The molecular formula is C22H23FN4. The zero-order chi connectivity index (χ0) is 18.8. The van der Waals surface area contributed by atoms with Crippen LogP contribution < -0.4 is 5.73 Å². The number of hydrogen-bond donors (Lipinski definition) is 1. The van der Waals surface area contributed by atoms with Crippen LogP contribution in [0.1, 0.15) is 54.5 Å². The second-order valence-corrected chi connectivity index (χ2v) is 7.09. The Labute approximate surface area is 158 Å². The van der Waals surface area contributed by atoms with Crippen molar-refractivity contribution in [2.45, 2.75) is 44.9 Å². The summed E-state index contributed by atoms with van der Waals surface area (Å²) in [5, 5.41) is 0. The fourth-order valence-electron chi connectivity index (χ4n) is 3.71.